The van der Waals surface area contributed by atoms with E-state index in [0.29, 0.717) is 11.3 Å². The molecule has 0 fully saturated rings. The molecule has 0 atom stereocenters. The van der Waals surface area contributed by atoms with Gasteiger partial charge in [-0.15, -0.1) is 11.3 Å². The van der Waals surface area contributed by atoms with Crippen LogP contribution in [0.4, 0.5) is 14.5 Å². The van der Waals surface area contributed by atoms with Gasteiger partial charge in [0.05, 0.1) is 5.69 Å². The molecule has 10 heteroatoms. The highest BCUT2D eigenvalue weighted by Crippen LogP contribution is 2.35. The molecule has 0 bridgehead atoms. The minimum absolute atomic E-state index is 0.00495. The first-order valence-corrected chi connectivity index (χ1v) is 10.6. The molecule has 4 rings (SSSR count). The second kappa shape index (κ2) is 7.37. The molecule has 0 aliphatic rings. The third-order valence-corrected chi connectivity index (χ3v) is 7.02. The Morgan fingerprint density at radius 2 is 1.79 bits per heavy atom. The van der Waals surface area contributed by atoms with Gasteiger partial charge in [-0.1, -0.05) is 17.3 Å². The fraction of sp³-hybridized carbons (Fsp3) is 0.0526. The van der Waals surface area contributed by atoms with Crippen LogP contribution in [0.15, 0.2) is 69.4 Å². The molecular weight excluding hydrogens is 420 g/mol. The predicted octanol–water partition coefficient (Wildman–Crippen LogP) is 4.57. The molecule has 2 aromatic heterocycles. The lowest BCUT2D eigenvalue weighted by Crippen LogP contribution is -2.26. The van der Waals surface area contributed by atoms with Crippen molar-refractivity contribution in [1.82, 2.24) is 10.1 Å². The Labute approximate surface area is 169 Å². The number of benzene rings is 2. The zero-order valence-corrected chi connectivity index (χ0v) is 16.5. The lowest BCUT2D eigenvalue weighted by molar-refractivity contribution is 0.432. The molecule has 2 heterocycles. The van der Waals surface area contributed by atoms with Gasteiger partial charge < -0.3 is 4.52 Å². The Morgan fingerprint density at radius 3 is 2.52 bits per heavy atom. The maximum absolute atomic E-state index is 13.4. The van der Waals surface area contributed by atoms with Crippen LogP contribution in [0.1, 0.15) is 0 Å². The van der Waals surface area contributed by atoms with E-state index in [2.05, 4.69) is 10.1 Å². The summed E-state index contributed by atoms with van der Waals surface area (Å²) >= 11 is 1.12. The van der Waals surface area contributed by atoms with E-state index in [1.165, 1.54) is 55.6 Å². The summed E-state index contributed by atoms with van der Waals surface area (Å²) in [4.78, 5) is 4.45. The summed E-state index contributed by atoms with van der Waals surface area (Å²) in [6, 6.07) is 12.2. The van der Waals surface area contributed by atoms with Gasteiger partial charge in [0.15, 0.2) is 0 Å². The van der Waals surface area contributed by atoms with E-state index in [4.69, 9.17) is 4.52 Å². The van der Waals surface area contributed by atoms with Gasteiger partial charge in [-0.05, 0) is 47.8 Å². The molecule has 0 unspecified atom stereocenters. The maximum Gasteiger partial charge on any atom is 0.269 e. The molecule has 6 nitrogen and oxygen atoms in total. The molecule has 2 aromatic carbocycles. The monoisotopic (exact) mass is 433 g/mol. The van der Waals surface area contributed by atoms with Crippen LogP contribution < -0.4 is 4.31 Å². The lowest BCUT2D eigenvalue weighted by atomic mass is 10.2. The third kappa shape index (κ3) is 3.64. The third-order valence-electron chi connectivity index (χ3n) is 4.16. The summed E-state index contributed by atoms with van der Waals surface area (Å²) in [6.07, 6.45) is 0. The Hall–Kier alpha value is -3.11. The molecule has 0 aliphatic carbocycles. The largest absolute Gasteiger partial charge is 0.333 e. The molecule has 0 aliphatic heterocycles. The zero-order chi connectivity index (χ0) is 20.6. The van der Waals surface area contributed by atoms with Crippen molar-refractivity contribution in [2.75, 3.05) is 11.4 Å². The van der Waals surface area contributed by atoms with E-state index in [9.17, 15) is 17.2 Å². The van der Waals surface area contributed by atoms with Crippen molar-refractivity contribution in [2.45, 2.75) is 4.90 Å². The summed E-state index contributed by atoms with van der Waals surface area (Å²) in [6.45, 7) is 0. The molecule has 0 saturated heterocycles. The van der Waals surface area contributed by atoms with Gasteiger partial charge in [0.25, 0.3) is 15.9 Å². The zero-order valence-electron chi connectivity index (χ0n) is 14.9. The average molecular weight is 433 g/mol. The summed E-state index contributed by atoms with van der Waals surface area (Å²) < 4.78 is 59.1. The second-order valence-electron chi connectivity index (χ2n) is 6.00. The average Bonchev–Trinajstić information content (AvgIpc) is 3.37. The van der Waals surface area contributed by atoms with Crippen LogP contribution in [-0.2, 0) is 10.0 Å². The minimum atomic E-state index is -3.97. The molecule has 0 N–H and O–H groups in total. The Morgan fingerprint density at radius 1 is 1.03 bits per heavy atom. The molecular formula is C19H13F2N3O3S2. The van der Waals surface area contributed by atoms with Crippen LogP contribution in [0.2, 0.25) is 0 Å². The molecule has 148 valence electrons. The first kappa shape index (κ1) is 19.2. The van der Waals surface area contributed by atoms with Crippen LogP contribution in [0.5, 0.6) is 0 Å². The number of thiophene rings is 1. The van der Waals surface area contributed by atoms with Crippen molar-refractivity contribution in [3.63, 3.8) is 0 Å². The first-order valence-electron chi connectivity index (χ1n) is 8.28. The Bertz CT molecular complexity index is 1270. The van der Waals surface area contributed by atoms with Crippen LogP contribution >= 0.6 is 11.3 Å². The van der Waals surface area contributed by atoms with Crippen molar-refractivity contribution >= 4 is 27.0 Å². The molecule has 0 amide bonds. The van der Waals surface area contributed by atoms with Crippen molar-refractivity contribution in [1.29, 1.82) is 0 Å². The van der Waals surface area contributed by atoms with Crippen LogP contribution in [0.3, 0.4) is 0 Å². The quantitative estimate of drug-likeness (QED) is 0.461. The Balaban J connectivity index is 1.71. The van der Waals surface area contributed by atoms with Gasteiger partial charge in [-0.2, -0.15) is 4.98 Å². The lowest BCUT2D eigenvalue weighted by Gasteiger charge is -2.19. The fourth-order valence-corrected chi connectivity index (χ4v) is 5.16. The van der Waals surface area contributed by atoms with Crippen LogP contribution in [-0.4, -0.2) is 25.6 Å². The van der Waals surface area contributed by atoms with Gasteiger partial charge in [0.1, 0.15) is 21.4 Å². The summed E-state index contributed by atoms with van der Waals surface area (Å²) in [5.74, 6) is -0.769. The van der Waals surface area contributed by atoms with Crippen LogP contribution in [0.25, 0.3) is 22.2 Å². The highest BCUT2D eigenvalue weighted by molar-refractivity contribution is 7.93. The normalized spacial score (nSPS) is 11.6. The summed E-state index contributed by atoms with van der Waals surface area (Å²) in [7, 11) is -2.60. The second-order valence-corrected chi connectivity index (χ2v) is 8.85. The number of hydrogen-bond donors (Lipinski definition) is 0. The van der Waals surface area contributed by atoms with Gasteiger partial charge >= 0.3 is 0 Å². The van der Waals surface area contributed by atoms with Crippen molar-refractivity contribution in [3.8, 4) is 22.2 Å². The van der Waals surface area contributed by atoms with Gasteiger partial charge in [0, 0.05) is 12.6 Å². The number of hydrogen-bond acceptors (Lipinski definition) is 6. The number of anilines is 1. The van der Waals surface area contributed by atoms with Crippen molar-refractivity contribution < 1.29 is 21.7 Å². The molecule has 4 aromatic rings. The minimum Gasteiger partial charge on any atom is -0.333 e. The van der Waals surface area contributed by atoms with E-state index < -0.39 is 21.7 Å². The van der Waals surface area contributed by atoms with E-state index in [1.54, 1.807) is 11.4 Å². The topological polar surface area (TPSA) is 76.3 Å². The van der Waals surface area contributed by atoms with Crippen molar-refractivity contribution in [3.05, 3.63) is 71.6 Å². The molecule has 29 heavy (non-hydrogen) atoms. The molecule has 0 radical (unpaired) electrons. The number of halogens is 2. The number of aromatic nitrogens is 2. The summed E-state index contributed by atoms with van der Waals surface area (Å²) in [5.41, 5.74) is 0.707. The maximum atomic E-state index is 13.4. The first-order chi connectivity index (χ1) is 13.9. The van der Waals surface area contributed by atoms with Crippen LogP contribution in [0, 0.1) is 11.6 Å². The smallest absolute Gasteiger partial charge is 0.269 e. The van der Waals surface area contributed by atoms with E-state index in [-0.39, 0.29) is 21.5 Å². The SMILES string of the molecule is CN(c1ccc(F)cc1)S(=O)(=O)c1ccsc1-c1nc(-c2cccc(F)c2)no1. The predicted molar refractivity (Wildman–Crippen MR) is 105 cm³/mol. The van der Waals surface area contributed by atoms with E-state index >= 15 is 0 Å². The Kier molecular flexibility index (Phi) is 4.89. The van der Waals surface area contributed by atoms with Gasteiger partial charge in [-0.3, -0.25) is 4.31 Å². The number of sulfonamides is 1. The highest BCUT2D eigenvalue weighted by Gasteiger charge is 2.28. The summed E-state index contributed by atoms with van der Waals surface area (Å²) in [5, 5.41) is 5.41. The van der Waals surface area contributed by atoms with Crippen molar-refractivity contribution in [2.24, 2.45) is 0 Å². The fourth-order valence-electron chi connectivity index (χ4n) is 2.65. The highest BCUT2D eigenvalue weighted by atomic mass is 32.2. The number of nitrogens with zero attached hydrogens (tertiary/aromatic N) is 3. The molecule has 0 saturated carbocycles. The standard InChI is InChI=1S/C19H13F2N3O3S2/c1-24(15-7-5-13(20)6-8-15)29(25,26)16-9-10-28-17(16)19-22-18(23-27-19)12-3-2-4-14(21)11-12/h2-11H,1H3. The van der Waals surface area contributed by atoms with Gasteiger partial charge in [-0.25, -0.2) is 17.2 Å². The number of rotatable bonds is 5. The van der Waals surface area contributed by atoms with Gasteiger partial charge in [0.2, 0.25) is 5.82 Å². The van der Waals surface area contributed by atoms with E-state index in [1.807, 2.05) is 0 Å². The van der Waals surface area contributed by atoms with E-state index in [0.717, 1.165) is 15.6 Å². The molecule has 0 spiro atoms.